The van der Waals surface area contributed by atoms with Crippen molar-refractivity contribution < 1.29 is 17.7 Å². The Labute approximate surface area is 88.9 Å². The summed E-state index contributed by atoms with van der Waals surface area (Å²) < 4.78 is 41.2. The Balaban J connectivity index is 2.39. The smallest absolute Gasteiger partial charge is 0.334 e. The van der Waals surface area contributed by atoms with Gasteiger partial charge in [0.05, 0.1) is 0 Å². The first-order chi connectivity index (χ1) is 7.47. The molecule has 1 aromatic carbocycles. The van der Waals surface area contributed by atoms with Crippen molar-refractivity contribution in [3.05, 3.63) is 35.7 Å². The van der Waals surface area contributed by atoms with Crippen LogP contribution < -0.4 is 0 Å². The summed E-state index contributed by atoms with van der Waals surface area (Å²) in [5.74, 6) is -1.39. The van der Waals surface area contributed by atoms with E-state index < -0.39 is 12.0 Å². The van der Waals surface area contributed by atoms with E-state index in [9.17, 15) is 13.2 Å². The largest absolute Gasteiger partial charge is 0.455 e. The second-order valence-electron chi connectivity index (χ2n) is 3.29. The third-order valence-electron chi connectivity index (χ3n) is 1.94. The number of hydrogen-bond acceptors (Lipinski definition) is 3. The lowest BCUT2D eigenvalue weighted by Crippen LogP contribution is -2.07. The fourth-order valence-electron chi connectivity index (χ4n) is 1.23. The van der Waals surface area contributed by atoms with Crippen molar-refractivity contribution in [1.29, 1.82) is 0 Å². The van der Waals surface area contributed by atoms with Crippen LogP contribution in [-0.2, 0) is 6.18 Å². The Morgan fingerprint density at radius 3 is 2.56 bits per heavy atom. The van der Waals surface area contributed by atoms with Gasteiger partial charge in [-0.25, -0.2) is 0 Å². The van der Waals surface area contributed by atoms with Gasteiger partial charge < -0.3 is 4.52 Å². The normalized spacial score (nSPS) is 11.8. The standard InChI is InChI=1S/C10H7F3N2O/c1-6-3-2-4-7(5-6)8-14-9(15-16-8)10(11,12)13/h2-5H,1H3. The minimum atomic E-state index is -4.58. The Morgan fingerprint density at radius 2 is 2.00 bits per heavy atom. The Bertz CT molecular complexity index is 505. The quantitative estimate of drug-likeness (QED) is 0.752. The molecular formula is C10H7F3N2O. The van der Waals surface area contributed by atoms with Crippen LogP contribution in [-0.4, -0.2) is 10.1 Å². The maximum atomic E-state index is 12.2. The molecule has 1 aromatic heterocycles. The molecule has 0 saturated carbocycles. The first kappa shape index (κ1) is 10.7. The molecule has 0 atom stereocenters. The van der Waals surface area contributed by atoms with E-state index in [2.05, 4.69) is 14.7 Å². The summed E-state index contributed by atoms with van der Waals surface area (Å²) >= 11 is 0. The van der Waals surface area contributed by atoms with Crippen LogP contribution >= 0.6 is 0 Å². The maximum Gasteiger partial charge on any atom is 0.455 e. The minimum Gasteiger partial charge on any atom is -0.334 e. The van der Waals surface area contributed by atoms with Crippen LogP contribution in [0.4, 0.5) is 13.2 Å². The molecule has 0 bridgehead atoms. The van der Waals surface area contributed by atoms with Gasteiger partial charge in [0.1, 0.15) is 0 Å². The van der Waals surface area contributed by atoms with Crippen molar-refractivity contribution >= 4 is 0 Å². The molecule has 0 aliphatic carbocycles. The zero-order chi connectivity index (χ0) is 11.8. The molecule has 0 fully saturated rings. The van der Waals surface area contributed by atoms with Crippen molar-refractivity contribution in [3.63, 3.8) is 0 Å². The first-order valence-electron chi connectivity index (χ1n) is 4.45. The third kappa shape index (κ3) is 2.05. The number of rotatable bonds is 1. The highest BCUT2D eigenvalue weighted by Gasteiger charge is 2.37. The molecule has 6 heteroatoms. The highest BCUT2D eigenvalue weighted by Crippen LogP contribution is 2.28. The molecule has 0 radical (unpaired) electrons. The molecule has 3 nitrogen and oxygen atoms in total. The van der Waals surface area contributed by atoms with E-state index in [1.54, 1.807) is 18.2 Å². The molecule has 2 aromatic rings. The fourth-order valence-corrected chi connectivity index (χ4v) is 1.23. The number of alkyl halides is 3. The van der Waals surface area contributed by atoms with Crippen LogP contribution in [0.5, 0.6) is 0 Å². The summed E-state index contributed by atoms with van der Waals surface area (Å²) in [6.45, 7) is 1.82. The van der Waals surface area contributed by atoms with E-state index in [0.717, 1.165) is 5.56 Å². The van der Waals surface area contributed by atoms with Crippen molar-refractivity contribution in [1.82, 2.24) is 10.1 Å². The number of benzene rings is 1. The van der Waals surface area contributed by atoms with Crippen molar-refractivity contribution in [2.75, 3.05) is 0 Å². The Morgan fingerprint density at radius 1 is 1.25 bits per heavy atom. The molecule has 0 amide bonds. The monoisotopic (exact) mass is 228 g/mol. The summed E-state index contributed by atoms with van der Waals surface area (Å²) in [5.41, 5.74) is 1.38. The number of aryl methyl sites for hydroxylation is 1. The van der Waals surface area contributed by atoms with Gasteiger partial charge in [-0.3, -0.25) is 0 Å². The van der Waals surface area contributed by atoms with E-state index in [-0.39, 0.29) is 5.89 Å². The van der Waals surface area contributed by atoms with Crippen molar-refractivity contribution in [2.45, 2.75) is 13.1 Å². The Kier molecular flexibility index (Phi) is 2.41. The van der Waals surface area contributed by atoms with E-state index in [1.807, 2.05) is 13.0 Å². The predicted molar refractivity (Wildman–Crippen MR) is 49.5 cm³/mol. The number of aromatic nitrogens is 2. The van der Waals surface area contributed by atoms with Gasteiger partial charge in [-0.2, -0.15) is 18.2 Å². The third-order valence-corrected chi connectivity index (χ3v) is 1.94. The van der Waals surface area contributed by atoms with E-state index in [4.69, 9.17) is 0 Å². The van der Waals surface area contributed by atoms with E-state index in [1.165, 1.54) is 0 Å². The molecule has 16 heavy (non-hydrogen) atoms. The highest BCUT2D eigenvalue weighted by atomic mass is 19.4. The van der Waals surface area contributed by atoms with E-state index >= 15 is 0 Å². The lowest BCUT2D eigenvalue weighted by atomic mass is 10.1. The summed E-state index contributed by atoms with van der Waals surface area (Å²) in [5, 5.41) is 2.88. The highest BCUT2D eigenvalue weighted by molar-refractivity contribution is 5.53. The van der Waals surface area contributed by atoms with Gasteiger partial charge in [-0.15, -0.1) is 0 Å². The molecule has 0 unspecified atom stereocenters. The van der Waals surface area contributed by atoms with Crippen LogP contribution in [0.15, 0.2) is 28.8 Å². The lowest BCUT2D eigenvalue weighted by molar-refractivity contribution is -0.146. The predicted octanol–water partition coefficient (Wildman–Crippen LogP) is 3.06. The summed E-state index contributed by atoms with van der Waals surface area (Å²) in [4.78, 5) is 3.29. The molecule has 1 heterocycles. The van der Waals surface area contributed by atoms with Gasteiger partial charge in [-0.1, -0.05) is 22.9 Å². The zero-order valence-corrected chi connectivity index (χ0v) is 8.25. The summed E-state index contributed by atoms with van der Waals surface area (Å²) in [7, 11) is 0. The van der Waals surface area contributed by atoms with Crippen LogP contribution in [0.2, 0.25) is 0 Å². The van der Waals surface area contributed by atoms with Gasteiger partial charge in [0.15, 0.2) is 0 Å². The van der Waals surface area contributed by atoms with Gasteiger partial charge >= 0.3 is 6.18 Å². The second-order valence-corrected chi connectivity index (χ2v) is 3.29. The number of nitrogens with zero attached hydrogens (tertiary/aromatic N) is 2. The molecular weight excluding hydrogens is 221 g/mol. The lowest BCUT2D eigenvalue weighted by Gasteiger charge is -1.97. The number of hydrogen-bond donors (Lipinski definition) is 0. The Hall–Kier alpha value is -1.85. The minimum absolute atomic E-state index is 0.129. The molecule has 0 aliphatic rings. The SMILES string of the molecule is Cc1cccc(-c2nc(C(F)(F)F)no2)c1. The molecule has 0 aliphatic heterocycles. The average Bonchev–Trinajstić information content (AvgIpc) is 2.65. The van der Waals surface area contributed by atoms with Gasteiger partial charge in [0.25, 0.3) is 11.7 Å². The van der Waals surface area contributed by atoms with Gasteiger partial charge in [-0.05, 0) is 19.1 Å². The van der Waals surface area contributed by atoms with E-state index in [0.29, 0.717) is 5.56 Å². The van der Waals surface area contributed by atoms with Crippen LogP contribution in [0.1, 0.15) is 11.4 Å². The van der Waals surface area contributed by atoms with Crippen LogP contribution in [0.3, 0.4) is 0 Å². The van der Waals surface area contributed by atoms with Crippen molar-refractivity contribution in [3.8, 4) is 11.5 Å². The maximum absolute atomic E-state index is 12.2. The van der Waals surface area contributed by atoms with Crippen molar-refractivity contribution in [2.24, 2.45) is 0 Å². The van der Waals surface area contributed by atoms with Gasteiger partial charge in [0, 0.05) is 5.56 Å². The molecule has 0 saturated heterocycles. The number of halogens is 3. The molecule has 2 rings (SSSR count). The van der Waals surface area contributed by atoms with Crippen LogP contribution in [0.25, 0.3) is 11.5 Å². The zero-order valence-electron chi connectivity index (χ0n) is 8.25. The average molecular weight is 228 g/mol. The molecule has 0 N–H and O–H groups in total. The van der Waals surface area contributed by atoms with Gasteiger partial charge in [0.2, 0.25) is 0 Å². The molecule has 84 valence electrons. The van der Waals surface area contributed by atoms with Crippen LogP contribution in [0, 0.1) is 6.92 Å². The second kappa shape index (κ2) is 3.62. The summed E-state index contributed by atoms with van der Waals surface area (Å²) in [6.07, 6.45) is -4.58. The summed E-state index contributed by atoms with van der Waals surface area (Å²) in [6, 6.07) is 6.82. The fraction of sp³-hybridized carbons (Fsp3) is 0.200. The molecule has 0 spiro atoms. The first-order valence-corrected chi connectivity index (χ1v) is 4.45. The topological polar surface area (TPSA) is 38.9 Å².